The van der Waals surface area contributed by atoms with Gasteiger partial charge in [0, 0.05) is 18.8 Å². The van der Waals surface area contributed by atoms with Gasteiger partial charge in [0.05, 0.1) is 10.6 Å². The average Bonchev–Trinajstić information content (AvgIpc) is 3.35. The van der Waals surface area contributed by atoms with Crippen molar-refractivity contribution in [3.63, 3.8) is 0 Å². The van der Waals surface area contributed by atoms with Crippen molar-refractivity contribution in [1.29, 1.82) is 0 Å². The summed E-state index contributed by atoms with van der Waals surface area (Å²) >= 11 is 1.25. The SMILES string of the molecule is Cc1ccc(-c2nc(C)c(C(=O)Nc3ccc(C)c(S(=O)(=O)N4CCCCC4)c3)s2)o1. The van der Waals surface area contributed by atoms with Crippen LogP contribution in [0.5, 0.6) is 0 Å². The number of amides is 1. The summed E-state index contributed by atoms with van der Waals surface area (Å²) in [6, 6.07) is 8.67. The average molecular weight is 460 g/mol. The molecule has 1 fully saturated rings. The molecule has 1 amide bonds. The highest BCUT2D eigenvalue weighted by molar-refractivity contribution is 7.89. The van der Waals surface area contributed by atoms with Gasteiger partial charge in [0.2, 0.25) is 10.0 Å². The van der Waals surface area contributed by atoms with Gasteiger partial charge in [-0.3, -0.25) is 4.79 Å². The standard InChI is InChI=1S/C22H25N3O4S2/c1-14-7-9-17(13-19(14)31(27,28)25-11-5-4-6-12-25)24-21(26)20-16(3)23-22(30-20)18-10-8-15(2)29-18/h7-10,13H,4-6,11-12H2,1-3H3,(H,24,26). The first kappa shape index (κ1) is 21.7. The van der Waals surface area contributed by atoms with Gasteiger partial charge in [-0.05, 0) is 63.4 Å². The molecule has 2 aromatic heterocycles. The molecule has 0 unspecified atom stereocenters. The van der Waals surface area contributed by atoms with Crippen molar-refractivity contribution in [3.05, 3.63) is 52.2 Å². The van der Waals surface area contributed by atoms with Crippen molar-refractivity contribution in [2.75, 3.05) is 18.4 Å². The van der Waals surface area contributed by atoms with Crippen molar-refractivity contribution in [1.82, 2.24) is 9.29 Å². The Hall–Kier alpha value is -2.49. The molecule has 0 spiro atoms. The van der Waals surface area contributed by atoms with E-state index in [4.69, 9.17) is 4.42 Å². The fourth-order valence-electron chi connectivity index (χ4n) is 3.65. The summed E-state index contributed by atoms with van der Waals surface area (Å²) in [4.78, 5) is 18.1. The Morgan fingerprint density at radius 3 is 2.52 bits per heavy atom. The first-order chi connectivity index (χ1) is 14.8. The number of nitrogens with one attached hydrogen (secondary N) is 1. The molecule has 3 aromatic rings. The Balaban J connectivity index is 1.58. The molecule has 3 heterocycles. The molecule has 4 rings (SSSR count). The van der Waals surface area contributed by atoms with Crippen LogP contribution in [0.3, 0.4) is 0 Å². The number of carbonyl (C=O) groups is 1. The number of thiazole rings is 1. The van der Waals surface area contributed by atoms with Crippen molar-refractivity contribution in [3.8, 4) is 10.8 Å². The third kappa shape index (κ3) is 4.44. The van der Waals surface area contributed by atoms with Gasteiger partial charge < -0.3 is 9.73 Å². The van der Waals surface area contributed by atoms with Gasteiger partial charge in [-0.25, -0.2) is 13.4 Å². The molecule has 1 saturated heterocycles. The molecule has 1 aliphatic rings. The second kappa shape index (κ2) is 8.57. The second-order valence-corrected chi connectivity index (χ2v) is 10.6. The molecule has 1 aliphatic heterocycles. The topological polar surface area (TPSA) is 92.5 Å². The quantitative estimate of drug-likeness (QED) is 0.594. The van der Waals surface area contributed by atoms with Crippen LogP contribution in [0.25, 0.3) is 10.8 Å². The van der Waals surface area contributed by atoms with Crippen LogP contribution in [0.4, 0.5) is 5.69 Å². The summed E-state index contributed by atoms with van der Waals surface area (Å²) < 4.78 is 33.4. The first-order valence-corrected chi connectivity index (χ1v) is 12.5. The van der Waals surface area contributed by atoms with Crippen LogP contribution in [0.1, 0.15) is 46.0 Å². The Bertz CT molecular complexity index is 1220. The Morgan fingerprint density at radius 2 is 1.84 bits per heavy atom. The second-order valence-electron chi connectivity index (χ2n) is 7.74. The number of nitrogens with zero attached hydrogens (tertiary/aromatic N) is 2. The normalized spacial score (nSPS) is 15.2. The fourth-order valence-corrected chi connectivity index (χ4v) is 6.34. The highest BCUT2D eigenvalue weighted by atomic mass is 32.2. The fraction of sp³-hybridized carbons (Fsp3) is 0.364. The minimum Gasteiger partial charge on any atom is -0.459 e. The van der Waals surface area contributed by atoms with Crippen LogP contribution < -0.4 is 5.32 Å². The van der Waals surface area contributed by atoms with Crippen LogP contribution in [-0.2, 0) is 10.0 Å². The molecular weight excluding hydrogens is 434 g/mol. The summed E-state index contributed by atoms with van der Waals surface area (Å²) in [5.74, 6) is 1.07. The Morgan fingerprint density at radius 1 is 1.10 bits per heavy atom. The van der Waals surface area contributed by atoms with Crippen LogP contribution in [0, 0.1) is 20.8 Å². The van der Waals surface area contributed by atoms with Crippen LogP contribution in [0.15, 0.2) is 39.6 Å². The van der Waals surface area contributed by atoms with E-state index in [0.29, 0.717) is 45.7 Å². The summed E-state index contributed by atoms with van der Waals surface area (Å²) in [5.41, 5.74) is 1.70. The maximum Gasteiger partial charge on any atom is 0.267 e. The number of carbonyl (C=O) groups excluding carboxylic acids is 1. The highest BCUT2D eigenvalue weighted by Gasteiger charge is 2.28. The van der Waals surface area contributed by atoms with E-state index in [9.17, 15) is 13.2 Å². The third-order valence-corrected chi connectivity index (χ3v) is 8.54. The number of aryl methyl sites for hydroxylation is 3. The van der Waals surface area contributed by atoms with Crippen molar-refractivity contribution in [2.45, 2.75) is 44.9 Å². The predicted octanol–water partition coefficient (Wildman–Crippen LogP) is 4.76. The molecular formula is C22H25N3O4S2. The largest absolute Gasteiger partial charge is 0.459 e. The van der Waals surface area contributed by atoms with E-state index in [0.717, 1.165) is 25.0 Å². The molecule has 0 aliphatic carbocycles. The lowest BCUT2D eigenvalue weighted by Crippen LogP contribution is -2.36. The zero-order valence-electron chi connectivity index (χ0n) is 17.8. The van der Waals surface area contributed by atoms with Crippen molar-refractivity contribution >= 4 is 33.0 Å². The summed E-state index contributed by atoms with van der Waals surface area (Å²) in [7, 11) is -3.59. The molecule has 0 radical (unpaired) electrons. The minimum absolute atomic E-state index is 0.236. The van der Waals surface area contributed by atoms with E-state index >= 15 is 0 Å². The van der Waals surface area contributed by atoms with Crippen molar-refractivity contribution < 1.29 is 17.6 Å². The van der Waals surface area contributed by atoms with E-state index < -0.39 is 10.0 Å². The third-order valence-electron chi connectivity index (χ3n) is 5.33. The van der Waals surface area contributed by atoms with Gasteiger partial charge in [-0.2, -0.15) is 4.31 Å². The zero-order chi connectivity index (χ0) is 22.2. The number of aromatic nitrogens is 1. The van der Waals surface area contributed by atoms with Gasteiger partial charge in [0.25, 0.3) is 5.91 Å². The smallest absolute Gasteiger partial charge is 0.267 e. The Labute approximate surface area is 186 Å². The first-order valence-electron chi connectivity index (χ1n) is 10.2. The summed E-state index contributed by atoms with van der Waals surface area (Å²) in [6.45, 7) is 6.46. The van der Waals surface area contributed by atoms with E-state index in [1.165, 1.54) is 15.6 Å². The molecule has 1 N–H and O–H groups in total. The lowest BCUT2D eigenvalue weighted by atomic mass is 10.2. The highest BCUT2D eigenvalue weighted by Crippen LogP contribution is 2.31. The van der Waals surface area contributed by atoms with Gasteiger partial charge in [0.1, 0.15) is 10.6 Å². The molecule has 164 valence electrons. The zero-order valence-corrected chi connectivity index (χ0v) is 19.4. The lowest BCUT2D eigenvalue weighted by molar-refractivity contribution is 0.102. The van der Waals surface area contributed by atoms with Gasteiger partial charge in [0.15, 0.2) is 10.8 Å². The number of hydrogen-bond donors (Lipinski definition) is 1. The lowest BCUT2D eigenvalue weighted by Gasteiger charge is -2.26. The molecule has 0 saturated carbocycles. The van der Waals surface area contributed by atoms with Gasteiger partial charge in [-0.1, -0.05) is 12.5 Å². The van der Waals surface area contributed by atoms with E-state index in [1.807, 2.05) is 19.1 Å². The minimum atomic E-state index is -3.59. The molecule has 9 heteroatoms. The molecule has 7 nitrogen and oxygen atoms in total. The maximum atomic E-state index is 13.1. The van der Waals surface area contributed by atoms with E-state index in [2.05, 4.69) is 10.3 Å². The molecule has 0 atom stereocenters. The molecule has 31 heavy (non-hydrogen) atoms. The monoisotopic (exact) mass is 459 g/mol. The number of hydrogen-bond acceptors (Lipinski definition) is 6. The summed E-state index contributed by atoms with van der Waals surface area (Å²) in [6.07, 6.45) is 2.79. The number of furan rings is 1. The number of sulfonamides is 1. The van der Waals surface area contributed by atoms with Crippen LogP contribution in [0.2, 0.25) is 0 Å². The predicted molar refractivity (Wildman–Crippen MR) is 121 cm³/mol. The van der Waals surface area contributed by atoms with Gasteiger partial charge >= 0.3 is 0 Å². The van der Waals surface area contributed by atoms with Crippen LogP contribution in [-0.4, -0.2) is 36.7 Å². The summed E-state index contributed by atoms with van der Waals surface area (Å²) in [5, 5.41) is 3.46. The van der Waals surface area contributed by atoms with E-state index in [-0.39, 0.29) is 10.8 Å². The molecule has 1 aromatic carbocycles. The van der Waals surface area contributed by atoms with Crippen molar-refractivity contribution in [2.24, 2.45) is 0 Å². The van der Waals surface area contributed by atoms with Crippen LogP contribution >= 0.6 is 11.3 Å². The number of piperidine rings is 1. The molecule has 0 bridgehead atoms. The maximum absolute atomic E-state index is 13.1. The Kier molecular flexibility index (Phi) is 6.00. The number of rotatable bonds is 5. The van der Waals surface area contributed by atoms with E-state index in [1.54, 1.807) is 32.0 Å². The van der Waals surface area contributed by atoms with Gasteiger partial charge in [-0.15, -0.1) is 11.3 Å². The number of benzene rings is 1. The number of anilines is 1.